The second kappa shape index (κ2) is 10.3. The first-order valence-corrected chi connectivity index (χ1v) is 11.6. The molecule has 1 aromatic heterocycles. The van der Waals surface area contributed by atoms with Crippen LogP contribution in [0.1, 0.15) is 36.3 Å². The number of aryl methyl sites for hydroxylation is 1. The Hall–Kier alpha value is -1.76. The largest absolute Gasteiger partial charge is 0.492 e. The Balaban J connectivity index is 1.90. The predicted octanol–water partition coefficient (Wildman–Crippen LogP) is 5.92. The van der Waals surface area contributed by atoms with Gasteiger partial charge in [-0.3, -0.25) is 4.98 Å². The van der Waals surface area contributed by atoms with Crippen LogP contribution < -0.4 is 9.47 Å². The minimum Gasteiger partial charge on any atom is -0.492 e. The fourth-order valence-corrected chi connectivity index (χ4v) is 4.26. The van der Waals surface area contributed by atoms with Crippen LogP contribution in [0.4, 0.5) is 0 Å². The van der Waals surface area contributed by atoms with Crippen LogP contribution in [-0.2, 0) is 0 Å². The van der Waals surface area contributed by atoms with Crippen molar-refractivity contribution in [3.05, 3.63) is 63.8 Å². The maximum Gasteiger partial charge on any atom is 0.166 e. The molecule has 1 N–H and O–H groups in total. The number of methoxy groups -OCH3 is 1. The van der Waals surface area contributed by atoms with E-state index in [0.29, 0.717) is 23.7 Å². The van der Waals surface area contributed by atoms with Crippen molar-refractivity contribution < 1.29 is 14.6 Å². The van der Waals surface area contributed by atoms with E-state index in [1.165, 1.54) is 0 Å². The molecular formula is C23H26BrNO3S. The van der Waals surface area contributed by atoms with Crippen LogP contribution in [0, 0.1) is 6.92 Å². The molecule has 3 rings (SSSR count). The number of nitrogens with zero attached hydrogens (tertiary/aromatic N) is 1. The lowest BCUT2D eigenvalue weighted by molar-refractivity contribution is 0.210. The van der Waals surface area contributed by atoms with Crippen LogP contribution in [0.15, 0.2) is 46.9 Å². The average molecular weight is 476 g/mol. The van der Waals surface area contributed by atoms with Crippen LogP contribution in [0.25, 0.3) is 10.9 Å². The van der Waals surface area contributed by atoms with Crippen molar-refractivity contribution >= 4 is 38.6 Å². The number of aliphatic hydroxyl groups excluding tert-OH is 1. The fourth-order valence-electron chi connectivity index (χ4n) is 3.27. The van der Waals surface area contributed by atoms with Crippen LogP contribution in [0.3, 0.4) is 0 Å². The Bertz CT molecular complexity index is 980. The zero-order chi connectivity index (χ0) is 20.8. The third-order valence-corrected chi connectivity index (χ3v) is 6.18. The van der Waals surface area contributed by atoms with Crippen molar-refractivity contribution in [2.24, 2.45) is 0 Å². The molecule has 0 saturated carbocycles. The molecule has 0 aliphatic rings. The van der Waals surface area contributed by atoms with Gasteiger partial charge in [-0.15, -0.1) is 0 Å². The minimum absolute atomic E-state index is 0.567. The highest BCUT2D eigenvalue weighted by Crippen LogP contribution is 2.38. The maximum atomic E-state index is 11.2. The topological polar surface area (TPSA) is 51.6 Å². The lowest BCUT2D eigenvalue weighted by Crippen LogP contribution is -2.08. The van der Waals surface area contributed by atoms with Crippen molar-refractivity contribution in [3.63, 3.8) is 0 Å². The Morgan fingerprint density at radius 2 is 2.00 bits per heavy atom. The number of thioether (sulfide) groups is 1. The highest BCUT2D eigenvalue weighted by Gasteiger charge is 2.21. The Labute approximate surface area is 184 Å². The first-order chi connectivity index (χ1) is 14.0. The molecule has 1 heterocycles. The summed E-state index contributed by atoms with van der Waals surface area (Å²) in [7, 11) is 1.61. The van der Waals surface area contributed by atoms with E-state index in [2.05, 4.69) is 27.8 Å². The van der Waals surface area contributed by atoms with Crippen molar-refractivity contribution in [2.45, 2.75) is 26.4 Å². The molecule has 1 unspecified atom stereocenters. The lowest BCUT2D eigenvalue weighted by Gasteiger charge is -2.20. The van der Waals surface area contributed by atoms with E-state index < -0.39 is 6.10 Å². The monoisotopic (exact) mass is 475 g/mol. The van der Waals surface area contributed by atoms with Crippen molar-refractivity contribution in [3.8, 4) is 11.5 Å². The molecule has 0 aliphatic heterocycles. The molecule has 154 valence electrons. The number of hydrogen-bond donors (Lipinski definition) is 1. The smallest absolute Gasteiger partial charge is 0.166 e. The van der Waals surface area contributed by atoms with Gasteiger partial charge in [-0.25, -0.2) is 0 Å². The van der Waals surface area contributed by atoms with Gasteiger partial charge in [-0.2, -0.15) is 11.8 Å². The number of aromatic nitrogens is 1. The highest BCUT2D eigenvalue weighted by atomic mass is 79.9. The van der Waals surface area contributed by atoms with Gasteiger partial charge in [0.25, 0.3) is 0 Å². The Morgan fingerprint density at radius 3 is 2.76 bits per heavy atom. The molecule has 0 saturated heterocycles. The lowest BCUT2D eigenvalue weighted by atomic mass is 9.97. The number of aliphatic hydroxyl groups is 1. The number of pyridine rings is 1. The number of para-hydroxylation sites is 1. The summed E-state index contributed by atoms with van der Waals surface area (Å²) in [6.45, 7) is 4.69. The van der Waals surface area contributed by atoms with E-state index in [4.69, 9.17) is 9.47 Å². The number of hydrogen-bond acceptors (Lipinski definition) is 5. The van der Waals surface area contributed by atoms with Gasteiger partial charge in [0.15, 0.2) is 11.5 Å². The average Bonchev–Trinajstić information content (AvgIpc) is 2.72. The van der Waals surface area contributed by atoms with Crippen LogP contribution >= 0.6 is 27.7 Å². The molecule has 3 aromatic rings. The molecule has 0 amide bonds. The first kappa shape index (κ1) is 21.9. The molecule has 0 radical (unpaired) electrons. The number of rotatable bonds is 9. The third kappa shape index (κ3) is 5.24. The molecule has 0 fully saturated rings. The summed E-state index contributed by atoms with van der Waals surface area (Å²) in [4.78, 5) is 4.66. The van der Waals surface area contributed by atoms with Crippen LogP contribution in [-0.4, -0.2) is 35.3 Å². The molecule has 2 aromatic carbocycles. The van der Waals surface area contributed by atoms with E-state index in [0.717, 1.165) is 44.6 Å². The number of benzene rings is 2. The third-order valence-electron chi connectivity index (χ3n) is 4.70. The minimum atomic E-state index is -0.861. The van der Waals surface area contributed by atoms with Crippen LogP contribution in [0.5, 0.6) is 11.5 Å². The molecule has 0 aliphatic carbocycles. The number of halogens is 1. The predicted molar refractivity (Wildman–Crippen MR) is 124 cm³/mol. The van der Waals surface area contributed by atoms with E-state index in [-0.39, 0.29) is 0 Å². The Morgan fingerprint density at radius 1 is 1.17 bits per heavy atom. The van der Waals surface area contributed by atoms with Gasteiger partial charge in [-0.05, 0) is 55.2 Å². The Kier molecular flexibility index (Phi) is 7.81. The van der Waals surface area contributed by atoms with Gasteiger partial charge in [0.1, 0.15) is 6.10 Å². The molecule has 0 spiro atoms. The second-order valence-corrected chi connectivity index (χ2v) is 8.99. The summed E-state index contributed by atoms with van der Waals surface area (Å²) in [6, 6.07) is 13.6. The zero-order valence-corrected chi connectivity index (χ0v) is 19.3. The first-order valence-electron chi connectivity index (χ1n) is 9.67. The quantitative estimate of drug-likeness (QED) is 0.389. The molecule has 6 heteroatoms. The van der Waals surface area contributed by atoms with Gasteiger partial charge in [0.05, 0.1) is 19.2 Å². The molecule has 29 heavy (non-hydrogen) atoms. The summed E-state index contributed by atoms with van der Waals surface area (Å²) in [5.74, 6) is 3.40. The molecule has 1 atom stereocenters. The molecule has 4 nitrogen and oxygen atoms in total. The van der Waals surface area contributed by atoms with Crippen molar-refractivity contribution in [1.82, 2.24) is 4.98 Å². The van der Waals surface area contributed by atoms with Gasteiger partial charge in [-0.1, -0.05) is 35.0 Å². The fraction of sp³-hybridized carbons (Fsp3) is 0.348. The van der Waals surface area contributed by atoms with Gasteiger partial charge in [0, 0.05) is 26.7 Å². The summed E-state index contributed by atoms with van der Waals surface area (Å²) in [5, 5.41) is 12.2. The van der Waals surface area contributed by atoms with Crippen molar-refractivity contribution in [2.75, 3.05) is 25.2 Å². The number of fused-ring (bicyclic) bond motifs is 1. The molecule has 0 bridgehead atoms. The van der Waals surface area contributed by atoms with E-state index in [1.807, 2.05) is 61.2 Å². The van der Waals surface area contributed by atoms with Crippen LogP contribution in [0.2, 0.25) is 0 Å². The van der Waals surface area contributed by atoms with Gasteiger partial charge >= 0.3 is 0 Å². The number of ether oxygens (including phenoxy) is 2. The summed E-state index contributed by atoms with van der Waals surface area (Å²) in [5.41, 5.74) is 3.12. The van der Waals surface area contributed by atoms with Crippen molar-refractivity contribution in [1.29, 1.82) is 0 Å². The maximum absolute atomic E-state index is 11.2. The highest BCUT2D eigenvalue weighted by molar-refractivity contribution is 9.10. The van der Waals surface area contributed by atoms with E-state index in [1.54, 1.807) is 7.11 Å². The van der Waals surface area contributed by atoms with E-state index in [9.17, 15) is 5.11 Å². The van der Waals surface area contributed by atoms with Gasteiger partial charge in [0.2, 0.25) is 0 Å². The normalized spacial score (nSPS) is 12.2. The SMILES string of the molecule is CCSCCCOc1cccc(C(O)c2cc3cc(Br)ccc3nc2C)c1OC. The van der Waals surface area contributed by atoms with Gasteiger partial charge < -0.3 is 14.6 Å². The summed E-state index contributed by atoms with van der Waals surface area (Å²) < 4.78 is 12.5. The second-order valence-electron chi connectivity index (χ2n) is 6.68. The van der Waals surface area contributed by atoms with E-state index >= 15 is 0 Å². The summed E-state index contributed by atoms with van der Waals surface area (Å²) >= 11 is 5.40. The zero-order valence-electron chi connectivity index (χ0n) is 16.9. The molecular weight excluding hydrogens is 450 g/mol. The summed E-state index contributed by atoms with van der Waals surface area (Å²) in [6.07, 6.45) is 0.108. The standard InChI is InChI=1S/C23H26BrNO3S/c1-4-29-12-6-11-28-21-8-5-7-18(23(21)27-3)22(26)19-14-16-13-17(24)9-10-20(16)25-15(19)2/h5,7-10,13-14,22,26H,4,6,11-12H2,1-3H3.